The molecule has 6 heteroatoms. The van der Waals surface area contributed by atoms with Gasteiger partial charge in [-0.25, -0.2) is 4.98 Å². The molecule has 4 N–H and O–H groups in total. The van der Waals surface area contributed by atoms with Crippen molar-refractivity contribution in [2.75, 3.05) is 5.73 Å². The van der Waals surface area contributed by atoms with Gasteiger partial charge in [0.25, 0.3) is 5.91 Å². The number of benzene rings is 1. The molecule has 1 amide bonds. The fourth-order valence-electron chi connectivity index (χ4n) is 1.72. The number of nitrogens with zero attached hydrogens (tertiary/aromatic N) is 2. The number of aromatic amines is 1. The molecule has 1 atom stereocenters. The van der Waals surface area contributed by atoms with Crippen molar-refractivity contribution in [3.63, 3.8) is 0 Å². The number of aromatic nitrogens is 3. The number of nitrogen functional groups attached to an aromatic ring is 1. The molecule has 0 saturated heterocycles. The quantitative estimate of drug-likeness (QED) is 0.707. The van der Waals surface area contributed by atoms with E-state index < -0.39 is 0 Å². The molecule has 1 aromatic heterocycles. The van der Waals surface area contributed by atoms with Crippen LogP contribution in [0.5, 0.6) is 0 Å². The largest absolute Gasteiger partial charge is 0.399 e. The Labute approximate surface area is 105 Å². The van der Waals surface area contributed by atoms with Crippen LogP contribution >= 0.6 is 0 Å². The second-order valence-corrected chi connectivity index (χ2v) is 4.20. The van der Waals surface area contributed by atoms with E-state index in [1.807, 2.05) is 19.9 Å². The van der Waals surface area contributed by atoms with E-state index in [1.165, 1.54) is 6.33 Å². The zero-order chi connectivity index (χ0) is 13.1. The summed E-state index contributed by atoms with van der Waals surface area (Å²) in [4.78, 5) is 16.0. The molecule has 0 bridgehead atoms. The fraction of sp³-hybridized carbons (Fsp3) is 0.250. The topological polar surface area (TPSA) is 96.7 Å². The highest BCUT2D eigenvalue weighted by Crippen LogP contribution is 2.13. The summed E-state index contributed by atoms with van der Waals surface area (Å²) in [6.45, 7) is 3.73. The molecule has 2 rings (SSSR count). The van der Waals surface area contributed by atoms with E-state index >= 15 is 0 Å². The van der Waals surface area contributed by atoms with Crippen LogP contribution in [0.3, 0.4) is 0 Å². The number of aryl methyl sites for hydroxylation is 1. The molecule has 0 aliphatic carbocycles. The van der Waals surface area contributed by atoms with Gasteiger partial charge in [-0.2, -0.15) is 5.10 Å². The van der Waals surface area contributed by atoms with E-state index in [1.54, 1.807) is 12.1 Å². The molecule has 1 heterocycles. The van der Waals surface area contributed by atoms with Crippen LogP contribution in [-0.2, 0) is 0 Å². The minimum absolute atomic E-state index is 0.186. The second-order valence-electron chi connectivity index (χ2n) is 4.20. The van der Waals surface area contributed by atoms with Crippen LogP contribution in [-0.4, -0.2) is 21.1 Å². The number of amides is 1. The number of carbonyl (C=O) groups is 1. The van der Waals surface area contributed by atoms with Gasteiger partial charge in [-0.05, 0) is 37.6 Å². The highest BCUT2D eigenvalue weighted by molar-refractivity contribution is 5.95. The van der Waals surface area contributed by atoms with E-state index in [4.69, 9.17) is 5.73 Å². The molecule has 0 saturated carbocycles. The summed E-state index contributed by atoms with van der Waals surface area (Å²) in [5.74, 6) is 0.429. The van der Waals surface area contributed by atoms with E-state index in [2.05, 4.69) is 20.5 Å². The van der Waals surface area contributed by atoms with Crippen molar-refractivity contribution in [3.8, 4) is 0 Å². The summed E-state index contributed by atoms with van der Waals surface area (Å²) in [6, 6.07) is 5.02. The van der Waals surface area contributed by atoms with Gasteiger partial charge in [0.2, 0.25) is 0 Å². The molecule has 0 fully saturated rings. The van der Waals surface area contributed by atoms with Gasteiger partial charge in [-0.1, -0.05) is 0 Å². The van der Waals surface area contributed by atoms with Crippen LogP contribution in [0.2, 0.25) is 0 Å². The summed E-state index contributed by atoms with van der Waals surface area (Å²) >= 11 is 0. The SMILES string of the molecule is Cc1cc(N)cc(C(=O)NC(C)c2ncn[nH]2)c1. The maximum absolute atomic E-state index is 12.0. The lowest BCUT2D eigenvalue weighted by Gasteiger charge is -2.11. The Morgan fingerprint density at radius 1 is 1.44 bits per heavy atom. The zero-order valence-electron chi connectivity index (χ0n) is 10.3. The predicted molar refractivity (Wildman–Crippen MR) is 67.9 cm³/mol. The van der Waals surface area contributed by atoms with Gasteiger partial charge < -0.3 is 11.1 Å². The highest BCUT2D eigenvalue weighted by atomic mass is 16.1. The van der Waals surface area contributed by atoms with E-state index in [-0.39, 0.29) is 11.9 Å². The Bertz CT molecular complexity index is 529. The van der Waals surface area contributed by atoms with Crippen molar-refractivity contribution < 1.29 is 4.79 Å². The molecule has 0 radical (unpaired) electrons. The monoisotopic (exact) mass is 245 g/mol. The summed E-state index contributed by atoms with van der Waals surface area (Å²) in [6.07, 6.45) is 1.41. The zero-order valence-corrected chi connectivity index (χ0v) is 10.3. The Balaban J connectivity index is 2.12. The first-order valence-electron chi connectivity index (χ1n) is 5.59. The molecule has 0 spiro atoms. The van der Waals surface area contributed by atoms with Gasteiger partial charge >= 0.3 is 0 Å². The average Bonchev–Trinajstić information content (AvgIpc) is 2.80. The Morgan fingerprint density at radius 3 is 2.83 bits per heavy atom. The van der Waals surface area contributed by atoms with Crippen LogP contribution in [0.15, 0.2) is 24.5 Å². The van der Waals surface area contributed by atoms with Crippen molar-refractivity contribution in [2.45, 2.75) is 19.9 Å². The normalized spacial score (nSPS) is 12.1. The van der Waals surface area contributed by atoms with E-state index in [0.29, 0.717) is 17.1 Å². The van der Waals surface area contributed by atoms with Crippen molar-refractivity contribution in [1.82, 2.24) is 20.5 Å². The predicted octanol–water partition coefficient (Wildman–Crippen LogP) is 1.19. The molecule has 94 valence electrons. The van der Waals surface area contributed by atoms with Gasteiger partial charge in [-0.3, -0.25) is 9.89 Å². The van der Waals surface area contributed by atoms with Gasteiger partial charge in [0.15, 0.2) is 0 Å². The Kier molecular flexibility index (Phi) is 3.27. The number of carbonyl (C=O) groups excluding carboxylic acids is 1. The summed E-state index contributed by atoms with van der Waals surface area (Å²) in [7, 11) is 0. The smallest absolute Gasteiger partial charge is 0.251 e. The van der Waals surface area contributed by atoms with Crippen molar-refractivity contribution in [3.05, 3.63) is 41.5 Å². The lowest BCUT2D eigenvalue weighted by Crippen LogP contribution is -2.27. The van der Waals surface area contributed by atoms with Gasteiger partial charge in [0.05, 0.1) is 6.04 Å². The number of nitrogens with one attached hydrogen (secondary N) is 2. The first-order chi connectivity index (χ1) is 8.56. The number of hydrogen-bond donors (Lipinski definition) is 3. The molecule has 18 heavy (non-hydrogen) atoms. The van der Waals surface area contributed by atoms with Crippen LogP contribution < -0.4 is 11.1 Å². The van der Waals surface area contributed by atoms with E-state index in [9.17, 15) is 4.79 Å². The number of H-pyrrole nitrogens is 1. The second kappa shape index (κ2) is 4.87. The minimum atomic E-state index is -0.235. The summed E-state index contributed by atoms with van der Waals surface area (Å²) in [5.41, 5.74) is 7.78. The van der Waals surface area contributed by atoms with Crippen molar-refractivity contribution in [1.29, 1.82) is 0 Å². The first kappa shape index (κ1) is 12.1. The molecule has 1 unspecified atom stereocenters. The molecule has 2 aromatic rings. The van der Waals surface area contributed by atoms with Crippen LogP contribution in [0.4, 0.5) is 5.69 Å². The number of hydrogen-bond acceptors (Lipinski definition) is 4. The number of rotatable bonds is 3. The molecular weight excluding hydrogens is 230 g/mol. The highest BCUT2D eigenvalue weighted by Gasteiger charge is 2.13. The van der Waals surface area contributed by atoms with Crippen molar-refractivity contribution >= 4 is 11.6 Å². The Morgan fingerprint density at radius 2 is 2.22 bits per heavy atom. The maximum atomic E-state index is 12.0. The summed E-state index contributed by atoms with van der Waals surface area (Å²) in [5, 5.41) is 9.28. The van der Waals surface area contributed by atoms with Crippen molar-refractivity contribution in [2.24, 2.45) is 0 Å². The third-order valence-corrected chi connectivity index (χ3v) is 2.55. The lowest BCUT2D eigenvalue weighted by atomic mass is 10.1. The molecule has 6 nitrogen and oxygen atoms in total. The Hall–Kier alpha value is -2.37. The lowest BCUT2D eigenvalue weighted by molar-refractivity contribution is 0.0938. The van der Waals surface area contributed by atoms with Gasteiger partial charge in [-0.15, -0.1) is 0 Å². The van der Waals surface area contributed by atoms with Gasteiger partial charge in [0, 0.05) is 11.3 Å². The summed E-state index contributed by atoms with van der Waals surface area (Å²) < 4.78 is 0. The molecule has 0 aliphatic rings. The van der Waals surface area contributed by atoms with E-state index in [0.717, 1.165) is 5.56 Å². The minimum Gasteiger partial charge on any atom is -0.399 e. The standard InChI is InChI=1S/C12H15N5O/c1-7-3-9(5-10(13)4-7)12(18)16-8(2)11-14-6-15-17-11/h3-6,8H,13H2,1-2H3,(H,16,18)(H,14,15,17). The van der Waals surface area contributed by atoms with Crippen LogP contribution in [0, 0.1) is 6.92 Å². The fourth-order valence-corrected chi connectivity index (χ4v) is 1.72. The van der Waals surface area contributed by atoms with Gasteiger partial charge in [0.1, 0.15) is 12.2 Å². The average molecular weight is 245 g/mol. The number of anilines is 1. The molecule has 1 aromatic carbocycles. The first-order valence-corrected chi connectivity index (χ1v) is 5.59. The third-order valence-electron chi connectivity index (χ3n) is 2.55. The maximum Gasteiger partial charge on any atom is 0.251 e. The third kappa shape index (κ3) is 2.65. The van der Waals surface area contributed by atoms with Crippen LogP contribution in [0.1, 0.15) is 34.7 Å². The number of nitrogens with two attached hydrogens (primary N) is 1. The van der Waals surface area contributed by atoms with Crippen LogP contribution in [0.25, 0.3) is 0 Å². The molecule has 0 aliphatic heterocycles. The molecular formula is C12H15N5O.